The summed E-state index contributed by atoms with van der Waals surface area (Å²) in [6, 6.07) is 3.59. The van der Waals surface area contributed by atoms with Crippen LogP contribution in [0.4, 0.5) is 0 Å². The van der Waals surface area contributed by atoms with Crippen molar-refractivity contribution in [3.05, 3.63) is 87.0 Å². The van der Waals surface area contributed by atoms with Crippen LogP contribution in [0.15, 0.2) is 59.1 Å². The lowest BCUT2D eigenvalue weighted by atomic mass is 9.99. The zero-order chi connectivity index (χ0) is 32.7. The summed E-state index contributed by atoms with van der Waals surface area (Å²) < 4.78 is 1.29. The van der Waals surface area contributed by atoms with E-state index in [0.29, 0.717) is 16.6 Å². The van der Waals surface area contributed by atoms with E-state index in [0.717, 1.165) is 11.2 Å². The van der Waals surface area contributed by atoms with Crippen LogP contribution in [0, 0.1) is 0 Å². The Kier molecular flexibility index (Phi) is 8.11. The first-order valence-corrected chi connectivity index (χ1v) is 14.9. The topological polar surface area (TPSA) is 238 Å². The third kappa shape index (κ3) is 5.29. The van der Waals surface area contributed by atoms with Gasteiger partial charge in [0.15, 0.2) is 5.82 Å². The number of nitrogens with zero attached hydrogens (tertiary/aromatic N) is 7. The molecule has 0 radical (unpaired) electrons. The molecule has 5 heterocycles. The fourth-order valence-electron chi connectivity index (χ4n) is 5.04. The minimum Gasteiger partial charge on any atom is -0.477 e. The molecule has 1 aromatic carbocycles. The number of β-lactam (4-membered cyclic amide) rings is 1. The van der Waals surface area contributed by atoms with Gasteiger partial charge < -0.3 is 25.8 Å². The number of pyridine rings is 1. The number of H-pyrrole nitrogens is 1. The molecule has 5 N–H and O–H groups in total. The van der Waals surface area contributed by atoms with Crippen molar-refractivity contribution in [1.29, 1.82) is 0 Å². The van der Waals surface area contributed by atoms with Gasteiger partial charge in [-0.1, -0.05) is 36.5 Å². The molecule has 1 fully saturated rings. The number of aryl methyl sites for hydroxylation is 1. The number of rotatable bonds is 9. The monoisotopic (exact) mass is 662 g/mol. The van der Waals surface area contributed by atoms with Crippen molar-refractivity contribution in [2.75, 3.05) is 5.75 Å². The van der Waals surface area contributed by atoms with Crippen molar-refractivity contribution < 1.29 is 29.4 Å². The molecule has 6 rings (SSSR count). The van der Waals surface area contributed by atoms with Gasteiger partial charge in [0.2, 0.25) is 11.3 Å². The summed E-state index contributed by atoms with van der Waals surface area (Å²) in [6.07, 6.45) is 3.72. The van der Waals surface area contributed by atoms with E-state index >= 15 is 0 Å². The lowest BCUT2D eigenvalue weighted by Crippen LogP contribution is -2.71. The van der Waals surface area contributed by atoms with Gasteiger partial charge >= 0.3 is 5.97 Å². The molecular formula is C27H22N10O7S2. The number of amides is 3. The number of benzene rings is 1. The van der Waals surface area contributed by atoms with Crippen LogP contribution in [0.25, 0.3) is 11.0 Å². The average Bonchev–Trinajstić information content (AvgIpc) is 3.50. The highest BCUT2D eigenvalue weighted by molar-refractivity contribution is 8.00. The smallest absolute Gasteiger partial charge is 0.353 e. The number of tetrazole rings is 1. The van der Waals surface area contributed by atoms with E-state index in [9.17, 15) is 34.2 Å². The molecule has 2 aliphatic rings. The summed E-state index contributed by atoms with van der Waals surface area (Å²) in [5.74, 6) is -3.54. The Morgan fingerprint density at radius 3 is 2.65 bits per heavy atom. The summed E-state index contributed by atoms with van der Waals surface area (Å²) in [7, 11) is 1.54. The Labute approximate surface area is 267 Å². The number of aliphatic carboxylic acids is 1. The molecule has 2 unspecified atom stereocenters. The number of carboxylic acids is 1. The molecule has 2 aliphatic heterocycles. The number of thiocarbonyl (C=S) groups is 1. The zero-order valence-corrected chi connectivity index (χ0v) is 25.2. The molecule has 3 amide bonds. The summed E-state index contributed by atoms with van der Waals surface area (Å²) in [5.41, 5.74) is -0.0466. The molecule has 0 spiro atoms. The third-order valence-electron chi connectivity index (χ3n) is 7.39. The molecule has 46 heavy (non-hydrogen) atoms. The lowest BCUT2D eigenvalue weighted by molar-refractivity contribution is -0.150. The number of aliphatic hydroxyl groups is 1. The molecule has 19 heteroatoms. The number of aromatic amines is 1. The minimum absolute atomic E-state index is 0.0259. The van der Waals surface area contributed by atoms with Gasteiger partial charge in [0, 0.05) is 24.6 Å². The number of hydrogen-bond donors (Lipinski definition) is 5. The minimum atomic E-state index is -1.39. The van der Waals surface area contributed by atoms with Gasteiger partial charge in [-0.2, -0.15) is 0 Å². The first-order chi connectivity index (χ1) is 22.1. The molecule has 0 aliphatic carbocycles. The molecule has 3 atom stereocenters. The van der Waals surface area contributed by atoms with E-state index < -0.39 is 46.6 Å². The van der Waals surface area contributed by atoms with Crippen LogP contribution in [0.3, 0.4) is 0 Å². The Hall–Kier alpha value is -5.40. The van der Waals surface area contributed by atoms with Crippen molar-refractivity contribution in [1.82, 2.24) is 50.7 Å². The Balaban J connectivity index is 1.27. The molecule has 3 aromatic heterocycles. The fourth-order valence-corrected chi connectivity index (χ4v) is 6.83. The average molecular weight is 663 g/mol. The third-order valence-corrected chi connectivity index (χ3v) is 9.10. The van der Waals surface area contributed by atoms with Gasteiger partial charge in [-0.15, -0.1) is 16.9 Å². The number of carboxylic acid groups (broad SMARTS) is 1. The van der Waals surface area contributed by atoms with Crippen LogP contribution in [0.1, 0.15) is 33.4 Å². The number of carbonyl (C=O) groups is 4. The highest BCUT2D eigenvalue weighted by atomic mass is 32.2. The maximum absolute atomic E-state index is 13.7. The summed E-state index contributed by atoms with van der Waals surface area (Å²) in [6.45, 7) is -0.263. The van der Waals surface area contributed by atoms with Crippen LogP contribution in [0.2, 0.25) is 0 Å². The number of thioether (sulfide) groups is 1. The highest BCUT2D eigenvalue weighted by Crippen LogP contribution is 2.41. The number of carbonyl (C=O) groups excluding carboxylic acids is 3. The molecule has 0 bridgehead atoms. The van der Waals surface area contributed by atoms with E-state index in [2.05, 4.69) is 41.1 Å². The highest BCUT2D eigenvalue weighted by Gasteiger charge is 2.55. The van der Waals surface area contributed by atoms with Gasteiger partial charge in [0.25, 0.3) is 11.8 Å². The van der Waals surface area contributed by atoms with Crippen molar-refractivity contribution in [3.8, 4) is 0 Å². The largest absolute Gasteiger partial charge is 0.477 e. The Morgan fingerprint density at radius 1 is 1.22 bits per heavy atom. The maximum Gasteiger partial charge on any atom is 0.353 e. The quantitative estimate of drug-likeness (QED) is 0.0818. The zero-order valence-electron chi connectivity index (χ0n) is 23.6. The standard InChI is InChI=1S/C27H22N10O7S2/c1-36-22(33-34-35-36)21(45)14-9-46-26-18(25(42)37(26)19(14)27(43)44)32-24(41)16(12-4-2-11(8-38)3-5-12)31-23(40)13-6-29-15-7-28-10-30-17(15)20(13)39/h2-7,10,16,18,26,38H,8-9H2,1H3,(H,29,39)(H,31,40)(H,32,41)(H,43,44)/t16?,18?,26-/m0/s1. The second kappa shape index (κ2) is 12.2. The van der Waals surface area contributed by atoms with Crippen molar-refractivity contribution in [2.24, 2.45) is 7.05 Å². The van der Waals surface area contributed by atoms with Crippen LogP contribution in [-0.4, -0.2) is 96.0 Å². The summed E-state index contributed by atoms with van der Waals surface area (Å²) in [4.78, 5) is 77.4. The van der Waals surface area contributed by atoms with E-state index in [1.54, 1.807) is 19.2 Å². The van der Waals surface area contributed by atoms with E-state index in [4.69, 9.17) is 12.2 Å². The Bertz CT molecular complexity index is 2030. The van der Waals surface area contributed by atoms with Gasteiger partial charge in [0.1, 0.15) is 40.6 Å². The van der Waals surface area contributed by atoms with Crippen LogP contribution < -0.4 is 16.1 Å². The normalized spacial score (nSPS) is 18.0. The first kappa shape index (κ1) is 30.6. The van der Waals surface area contributed by atoms with Crippen LogP contribution in [0.5, 0.6) is 0 Å². The Morgan fingerprint density at radius 2 is 1.98 bits per heavy atom. The van der Waals surface area contributed by atoms with Gasteiger partial charge in [-0.3, -0.25) is 24.1 Å². The molecular weight excluding hydrogens is 640 g/mol. The number of hydrogen-bond acceptors (Lipinski definition) is 13. The van der Waals surface area contributed by atoms with E-state index in [-0.39, 0.29) is 45.4 Å². The maximum atomic E-state index is 13.7. The second-order valence-corrected chi connectivity index (χ2v) is 11.6. The van der Waals surface area contributed by atoms with Crippen molar-refractivity contribution in [3.63, 3.8) is 0 Å². The predicted octanol–water partition coefficient (Wildman–Crippen LogP) is -1.04. The second-order valence-electron chi connectivity index (χ2n) is 10.1. The van der Waals surface area contributed by atoms with Crippen LogP contribution in [-0.2, 0) is 28.0 Å². The molecule has 17 nitrogen and oxygen atoms in total. The van der Waals surface area contributed by atoms with Crippen molar-refractivity contribution in [2.45, 2.75) is 24.1 Å². The summed E-state index contributed by atoms with van der Waals surface area (Å²) >= 11 is 6.65. The first-order valence-electron chi connectivity index (χ1n) is 13.4. The van der Waals surface area contributed by atoms with Crippen molar-refractivity contribution >= 4 is 63.6 Å². The molecule has 234 valence electrons. The number of aliphatic hydroxyl groups excluding tert-OH is 1. The van der Waals surface area contributed by atoms with Crippen LogP contribution >= 0.6 is 24.0 Å². The van der Waals surface area contributed by atoms with Gasteiger partial charge in [-0.25, -0.2) is 19.4 Å². The molecule has 1 saturated heterocycles. The number of aromatic nitrogens is 7. The molecule has 0 saturated carbocycles. The van der Waals surface area contributed by atoms with Gasteiger partial charge in [-0.05, 0) is 21.6 Å². The lowest BCUT2D eigenvalue weighted by Gasteiger charge is -2.49. The van der Waals surface area contributed by atoms with E-state index in [1.165, 1.54) is 41.0 Å². The number of nitrogens with one attached hydrogen (secondary N) is 3. The van der Waals surface area contributed by atoms with E-state index in [1.807, 2.05) is 0 Å². The number of fused-ring (bicyclic) bond motifs is 2. The molecule has 4 aromatic rings. The van der Waals surface area contributed by atoms with Gasteiger partial charge in [0.05, 0.1) is 23.2 Å². The SMILES string of the molecule is Cn1nnnc1C(=S)C1=C(C(=O)O)N2C(=O)C(NC(=O)C(NC(=O)c3c[nH]c4cncnc4c3=O)c3ccc(CO)cc3)[C@@H]2SC1. The summed E-state index contributed by atoms with van der Waals surface area (Å²) in [5, 5.41) is 35.0. The fraction of sp³-hybridized carbons (Fsp3) is 0.222. The predicted molar refractivity (Wildman–Crippen MR) is 163 cm³/mol.